The first kappa shape index (κ1) is 68.4. The maximum Gasteiger partial charge on any atom is 0.412 e. The van der Waals surface area contributed by atoms with Gasteiger partial charge in [0.1, 0.15) is 47.0 Å². The molecule has 3 aliphatic rings. The molecule has 2 aromatic rings. The first-order chi connectivity index (χ1) is 39.3. The summed E-state index contributed by atoms with van der Waals surface area (Å²) in [7, 11) is 4.40. The first-order valence-corrected chi connectivity index (χ1v) is 30.5. The number of carbonyl (C=O) groups is 8. The zero-order valence-electron chi connectivity index (χ0n) is 47.7. The number of methoxy groups -OCH3 is 2. The molecular weight excluding hydrogens is 1300 g/mol. The summed E-state index contributed by atoms with van der Waals surface area (Å²) in [4.78, 5) is 107. The normalized spacial score (nSPS) is 24.7. The van der Waals surface area contributed by atoms with Gasteiger partial charge in [-0.15, -0.1) is 0 Å². The third-order valence-electron chi connectivity index (χ3n) is 14.6. The van der Waals surface area contributed by atoms with Crippen LogP contribution in [0.5, 0.6) is 5.75 Å². The Bertz CT molecular complexity index is 2720. The minimum absolute atomic E-state index is 0.0694. The van der Waals surface area contributed by atoms with Crippen LogP contribution >= 0.6 is 59.4 Å². The van der Waals surface area contributed by atoms with Crippen molar-refractivity contribution in [3.63, 3.8) is 0 Å². The Kier molecular flexibility index (Phi) is 26.1. The average Bonchev–Trinajstić information content (AvgIpc) is 4.13. The number of anilines is 3. The number of alkyl halides is 2. The van der Waals surface area contributed by atoms with E-state index in [1.807, 2.05) is 13.0 Å². The van der Waals surface area contributed by atoms with Crippen LogP contribution in [0.2, 0.25) is 5.02 Å². The van der Waals surface area contributed by atoms with Crippen molar-refractivity contribution in [1.29, 1.82) is 0 Å². The first-order valence-electron chi connectivity index (χ1n) is 27.1. The van der Waals surface area contributed by atoms with Crippen LogP contribution in [0.25, 0.3) is 0 Å². The number of benzene rings is 2. The molecule has 0 saturated carbocycles. The smallest absolute Gasteiger partial charge is 0.412 e. The zero-order chi connectivity index (χ0) is 61.3. The Morgan fingerprint density at radius 3 is 2.40 bits per heavy atom. The maximum atomic E-state index is 14.4. The fourth-order valence-corrected chi connectivity index (χ4v) is 12.2. The molecule has 0 spiro atoms. The molecule has 4 bridgehead atoms. The number of hydrogen-bond donors (Lipinski definition) is 8. The standard InChI is InChI=1S/C56H76Br3ClN8O15/c1-30(2)47(63-36(29-69)14-9-10-20-80-51(73)34(27-57)28-58)50(72)65-39(15-12-19-62-52(61)74)49(71)64-35-17-18-38(37(59)24-35)66-53(75)82-44-25-45(70)68(6)40-22-33(23-41(78-7)46(40)60)21-31(3)13-11-16-43(79-8)56(77)26-42(81-54(76)67-56)32(4)48-55(44,5)83-48/h11,13,16-18,22-24,29-30,32,34,36,39,42-44,47-48,63,77H,9-10,12,14-15,19-21,25-28H2,1-8H3,(H,64,71)(H,65,72)(H,66,75)(H,67,76)(H3,61,62,74)/b16-11+,31-13+/t32-,36?,39+,42+,43-,44+,47+,48+,55+,56+/m1/s1. The molecule has 10 atom stereocenters. The Morgan fingerprint density at radius 2 is 1.76 bits per heavy atom. The summed E-state index contributed by atoms with van der Waals surface area (Å²) in [5.41, 5.74) is 4.44. The molecule has 5 rings (SSSR count). The summed E-state index contributed by atoms with van der Waals surface area (Å²) in [6.45, 7) is 9.18. The van der Waals surface area contributed by atoms with E-state index in [9.17, 15) is 43.5 Å². The molecule has 1 unspecified atom stereocenters. The maximum absolute atomic E-state index is 14.4. The van der Waals surface area contributed by atoms with Gasteiger partial charge >= 0.3 is 24.2 Å². The number of aliphatic hydroxyl groups is 1. The van der Waals surface area contributed by atoms with E-state index in [0.717, 1.165) is 11.1 Å². The number of nitrogens with two attached hydrogens (primary N) is 1. The van der Waals surface area contributed by atoms with Gasteiger partial charge < -0.3 is 64.9 Å². The lowest BCUT2D eigenvalue weighted by molar-refractivity contribution is -0.147. The van der Waals surface area contributed by atoms with Crippen molar-refractivity contribution in [2.45, 2.75) is 140 Å². The van der Waals surface area contributed by atoms with Gasteiger partial charge in [-0.05, 0) is 110 Å². The van der Waals surface area contributed by atoms with Crippen LogP contribution in [0.3, 0.4) is 0 Å². The minimum atomic E-state index is -1.90. The summed E-state index contributed by atoms with van der Waals surface area (Å²) >= 11 is 16.9. The molecule has 9 N–H and O–H groups in total. The van der Waals surface area contributed by atoms with E-state index < -0.39 is 102 Å². The van der Waals surface area contributed by atoms with Crippen LogP contribution in [0.15, 0.2) is 58.6 Å². The van der Waals surface area contributed by atoms with Gasteiger partial charge in [0.05, 0.1) is 55.6 Å². The van der Waals surface area contributed by atoms with Gasteiger partial charge in [0.2, 0.25) is 17.7 Å². The van der Waals surface area contributed by atoms with Crippen molar-refractivity contribution < 1.29 is 71.9 Å². The van der Waals surface area contributed by atoms with E-state index in [1.165, 1.54) is 44.4 Å². The Labute approximate surface area is 513 Å². The van der Waals surface area contributed by atoms with Crippen LogP contribution in [0, 0.1) is 17.8 Å². The highest BCUT2D eigenvalue weighted by molar-refractivity contribution is 9.10. The lowest BCUT2D eigenvalue weighted by Crippen LogP contribution is -2.63. The molecule has 458 valence electrons. The number of unbranched alkanes of at least 4 members (excludes halogenated alkanes) is 1. The highest BCUT2D eigenvalue weighted by Crippen LogP contribution is 2.49. The van der Waals surface area contributed by atoms with Crippen LogP contribution in [-0.4, -0.2) is 152 Å². The molecule has 2 saturated heterocycles. The molecule has 0 aromatic heterocycles. The molecule has 2 aromatic carbocycles. The lowest BCUT2D eigenvalue weighted by atomic mass is 9.83. The number of aldehydes is 1. The number of ether oxygens (including phenoxy) is 6. The van der Waals surface area contributed by atoms with Crippen molar-refractivity contribution in [2.75, 3.05) is 60.6 Å². The number of carbonyl (C=O) groups excluding carboxylic acids is 8. The van der Waals surface area contributed by atoms with E-state index >= 15 is 0 Å². The molecule has 7 amide bonds. The number of fused-ring (bicyclic) bond motifs is 5. The third kappa shape index (κ3) is 19.1. The fourth-order valence-electron chi connectivity index (χ4n) is 9.76. The quantitative estimate of drug-likeness (QED) is 0.0128. The number of primary amides is 1. The van der Waals surface area contributed by atoms with Gasteiger partial charge in [0.15, 0.2) is 5.72 Å². The number of alkyl carbamates (subject to hydrolysis) is 1. The molecule has 0 radical (unpaired) electrons. The molecule has 3 heterocycles. The largest absolute Gasteiger partial charge is 0.495 e. The molecule has 23 nitrogen and oxygen atoms in total. The number of hydrogen-bond acceptors (Lipinski definition) is 16. The third-order valence-corrected chi connectivity index (χ3v) is 17.2. The molecule has 2 fully saturated rings. The molecular formula is C56H76Br3ClN8O15. The number of halogens is 4. The predicted molar refractivity (Wildman–Crippen MR) is 322 cm³/mol. The van der Waals surface area contributed by atoms with Gasteiger partial charge in [-0.1, -0.05) is 88.0 Å². The Balaban J connectivity index is 1.33. The van der Waals surface area contributed by atoms with Crippen molar-refractivity contribution in [3.05, 3.63) is 69.2 Å². The fraction of sp³-hybridized carbons (Fsp3) is 0.571. The molecule has 3 aliphatic heterocycles. The van der Waals surface area contributed by atoms with Crippen LogP contribution in [0.1, 0.15) is 85.1 Å². The second-order valence-electron chi connectivity index (χ2n) is 21.3. The summed E-state index contributed by atoms with van der Waals surface area (Å²) in [6, 6.07) is 4.47. The Morgan fingerprint density at radius 1 is 1.04 bits per heavy atom. The monoisotopic (exact) mass is 1370 g/mol. The number of nitrogens with zero attached hydrogens (tertiary/aromatic N) is 1. The van der Waals surface area contributed by atoms with E-state index in [4.69, 9.17) is 45.8 Å². The van der Waals surface area contributed by atoms with Gasteiger partial charge in [0, 0.05) is 53.9 Å². The zero-order valence-corrected chi connectivity index (χ0v) is 53.2. The van der Waals surface area contributed by atoms with E-state index in [2.05, 4.69) is 79.7 Å². The van der Waals surface area contributed by atoms with Gasteiger partial charge in [-0.2, -0.15) is 0 Å². The van der Waals surface area contributed by atoms with Crippen LogP contribution in [0.4, 0.5) is 31.4 Å². The van der Waals surface area contributed by atoms with Crippen molar-refractivity contribution in [2.24, 2.45) is 23.5 Å². The van der Waals surface area contributed by atoms with E-state index in [0.29, 0.717) is 54.1 Å². The van der Waals surface area contributed by atoms with Gasteiger partial charge in [-0.25, -0.2) is 14.4 Å². The molecule has 83 heavy (non-hydrogen) atoms. The van der Waals surface area contributed by atoms with Crippen LogP contribution in [-0.2, 0) is 54.1 Å². The predicted octanol–water partition coefficient (Wildman–Crippen LogP) is 7.31. The number of nitrogens with one attached hydrogen (secondary N) is 6. The van der Waals surface area contributed by atoms with Crippen molar-refractivity contribution >= 4 is 125 Å². The van der Waals surface area contributed by atoms with Gasteiger partial charge in [0.25, 0.3) is 0 Å². The Hall–Kier alpha value is -5.35. The number of urea groups is 1. The molecule has 27 heteroatoms. The molecule has 0 aliphatic carbocycles. The SMILES string of the molecule is COc1cc2cc(c1Cl)N(C)C(=O)C[C@H](OC(=O)Nc1ccc(NC(=O)[C@H](CCCNC(N)=O)NC(=O)[C@@H](NC(C=O)CCCCOC(=O)C(CBr)CBr)C(C)C)cc1Br)[C@]1(C)O[C@H]1[C@H](C)[C@@H]1C[C@@](O)(NC(=O)O1)[C@H](OC)/C=C/C=C(\C)C2. The number of esters is 1. The highest BCUT2D eigenvalue weighted by Gasteiger charge is 2.64. The topological polar surface area (TPSA) is 317 Å². The summed E-state index contributed by atoms with van der Waals surface area (Å²) < 4.78 is 35.1. The summed E-state index contributed by atoms with van der Waals surface area (Å²) in [5, 5.41) is 29.4. The summed E-state index contributed by atoms with van der Waals surface area (Å²) in [5.74, 6) is -2.98. The number of allylic oxidation sites excluding steroid dienone is 3. The lowest BCUT2D eigenvalue weighted by Gasteiger charge is -2.42. The number of epoxide rings is 1. The number of amides is 7. The van der Waals surface area contributed by atoms with Crippen LogP contribution < -0.4 is 47.3 Å². The second kappa shape index (κ2) is 31.7. The van der Waals surface area contributed by atoms with Crippen molar-refractivity contribution in [3.8, 4) is 5.75 Å². The highest BCUT2D eigenvalue weighted by atomic mass is 79.9. The second-order valence-corrected chi connectivity index (χ2v) is 23.8. The van der Waals surface area contributed by atoms with E-state index in [-0.39, 0.29) is 71.1 Å². The average molecular weight is 1380 g/mol. The van der Waals surface area contributed by atoms with Gasteiger partial charge in [-0.3, -0.25) is 35.1 Å². The van der Waals surface area contributed by atoms with Crippen molar-refractivity contribution in [1.82, 2.24) is 21.3 Å². The van der Waals surface area contributed by atoms with E-state index in [1.54, 1.807) is 52.0 Å². The summed E-state index contributed by atoms with van der Waals surface area (Å²) in [6.07, 6.45) is 1.58. The minimum Gasteiger partial charge on any atom is -0.495 e. The number of rotatable bonds is 24.